The summed E-state index contributed by atoms with van der Waals surface area (Å²) in [5.41, 5.74) is 7.60. The van der Waals surface area contributed by atoms with Crippen molar-refractivity contribution in [1.29, 1.82) is 0 Å². The molecule has 5 heteroatoms. The van der Waals surface area contributed by atoms with Gasteiger partial charge in [-0.05, 0) is 18.2 Å². The summed E-state index contributed by atoms with van der Waals surface area (Å²) in [7, 11) is 1.52. The maximum Gasteiger partial charge on any atom is 0.145 e. The molecule has 0 saturated carbocycles. The smallest absolute Gasteiger partial charge is 0.145 e. The summed E-state index contributed by atoms with van der Waals surface area (Å²) in [5, 5.41) is 6.59. The number of H-pyrrole nitrogens is 1. The topological polar surface area (TPSA) is 63.9 Å². The number of methoxy groups -OCH3 is 1. The molecular formula is C11H12FN3O. The Balaban J connectivity index is 2.43. The molecule has 0 fully saturated rings. The Hall–Kier alpha value is -2.04. The molecule has 0 radical (unpaired) electrons. The minimum Gasteiger partial charge on any atom is -0.496 e. The van der Waals surface area contributed by atoms with Crippen molar-refractivity contribution in [2.24, 2.45) is 0 Å². The molecule has 16 heavy (non-hydrogen) atoms. The van der Waals surface area contributed by atoms with Crippen molar-refractivity contribution in [1.82, 2.24) is 10.2 Å². The van der Waals surface area contributed by atoms with Gasteiger partial charge in [-0.3, -0.25) is 5.10 Å². The van der Waals surface area contributed by atoms with Crippen LogP contribution in [0.4, 0.5) is 10.2 Å². The highest BCUT2D eigenvalue weighted by Crippen LogP contribution is 2.26. The highest BCUT2D eigenvalue weighted by atomic mass is 19.1. The van der Waals surface area contributed by atoms with E-state index in [4.69, 9.17) is 10.5 Å². The number of nitrogens with one attached hydrogen (secondary N) is 1. The van der Waals surface area contributed by atoms with E-state index < -0.39 is 6.67 Å². The van der Waals surface area contributed by atoms with Crippen LogP contribution >= 0.6 is 0 Å². The van der Waals surface area contributed by atoms with Gasteiger partial charge in [-0.1, -0.05) is 0 Å². The zero-order valence-electron chi connectivity index (χ0n) is 8.83. The molecule has 0 unspecified atom stereocenters. The van der Waals surface area contributed by atoms with Crippen LogP contribution in [-0.4, -0.2) is 17.3 Å². The van der Waals surface area contributed by atoms with Crippen LogP contribution in [-0.2, 0) is 6.67 Å². The van der Waals surface area contributed by atoms with Gasteiger partial charge >= 0.3 is 0 Å². The lowest BCUT2D eigenvalue weighted by molar-refractivity contribution is 0.394. The number of aromatic amines is 1. The van der Waals surface area contributed by atoms with Crippen LogP contribution < -0.4 is 10.5 Å². The number of nitrogens with two attached hydrogens (primary N) is 1. The third-order valence-electron chi connectivity index (χ3n) is 2.33. The Bertz CT molecular complexity index is 496. The largest absolute Gasteiger partial charge is 0.496 e. The number of anilines is 1. The fourth-order valence-corrected chi connectivity index (χ4v) is 1.54. The van der Waals surface area contributed by atoms with Gasteiger partial charge in [0.05, 0.1) is 12.8 Å². The minimum atomic E-state index is -0.569. The molecule has 1 heterocycles. The first-order valence-electron chi connectivity index (χ1n) is 4.78. The van der Waals surface area contributed by atoms with E-state index in [-0.39, 0.29) is 0 Å². The van der Waals surface area contributed by atoms with Crippen LogP contribution in [0.1, 0.15) is 5.56 Å². The number of hydrogen-bond donors (Lipinski definition) is 2. The van der Waals surface area contributed by atoms with Crippen LogP contribution in [0.25, 0.3) is 11.3 Å². The fraction of sp³-hybridized carbons (Fsp3) is 0.182. The van der Waals surface area contributed by atoms with Crippen LogP contribution in [0.5, 0.6) is 5.75 Å². The molecule has 0 amide bonds. The molecule has 84 valence electrons. The van der Waals surface area contributed by atoms with Crippen LogP contribution in [0.2, 0.25) is 0 Å². The van der Waals surface area contributed by atoms with E-state index >= 15 is 0 Å². The van der Waals surface area contributed by atoms with Gasteiger partial charge in [0.25, 0.3) is 0 Å². The Morgan fingerprint density at radius 1 is 1.44 bits per heavy atom. The Kier molecular flexibility index (Phi) is 2.76. The number of rotatable bonds is 3. The van der Waals surface area contributed by atoms with E-state index in [0.29, 0.717) is 17.1 Å². The second-order valence-corrected chi connectivity index (χ2v) is 3.37. The van der Waals surface area contributed by atoms with Crippen LogP contribution in [0, 0.1) is 0 Å². The molecule has 4 nitrogen and oxygen atoms in total. The van der Waals surface area contributed by atoms with Crippen LogP contribution in [0.15, 0.2) is 24.3 Å². The summed E-state index contributed by atoms with van der Waals surface area (Å²) < 4.78 is 17.8. The van der Waals surface area contributed by atoms with Crippen molar-refractivity contribution in [3.8, 4) is 17.0 Å². The monoisotopic (exact) mass is 221 g/mol. The predicted octanol–water partition coefficient (Wildman–Crippen LogP) is 2.14. The number of nitrogens with zero attached hydrogens (tertiary/aromatic N) is 1. The molecule has 0 bridgehead atoms. The molecule has 1 aromatic carbocycles. The molecule has 0 saturated heterocycles. The van der Waals surface area contributed by atoms with Gasteiger partial charge in [0, 0.05) is 17.2 Å². The summed E-state index contributed by atoms with van der Waals surface area (Å²) in [4.78, 5) is 0. The molecule has 0 aliphatic carbocycles. The zero-order valence-corrected chi connectivity index (χ0v) is 8.83. The maximum atomic E-state index is 12.7. The number of ether oxygens (including phenoxy) is 1. The highest BCUT2D eigenvalue weighted by molar-refractivity contribution is 5.64. The molecule has 0 aliphatic heterocycles. The molecular weight excluding hydrogens is 209 g/mol. The third-order valence-corrected chi connectivity index (χ3v) is 2.33. The highest BCUT2D eigenvalue weighted by Gasteiger charge is 2.07. The van der Waals surface area contributed by atoms with Gasteiger partial charge in [-0.25, -0.2) is 4.39 Å². The zero-order chi connectivity index (χ0) is 11.5. The first-order valence-corrected chi connectivity index (χ1v) is 4.78. The first kappa shape index (κ1) is 10.5. The molecule has 1 aromatic heterocycles. The van der Waals surface area contributed by atoms with Crippen molar-refractivity contribution >= 4 is 5.82 Å². The molecule has 0 aliphatic rings. The standard InChI is InChI=1S/C11H12FN3O/c1-16-10-3-2-7(4-8(10)6-12)9-5-11(13)15-14-9/h2-5H,6H2,1H3,(H3,13,14,15). The third kappa shape index (κ3) is 1.84. The minimum absolute atomic E-state index is 0.410. The first-order chi connectivity index (χ1) is 7.74. The molecule has 0 spiro atoms. The maximum absolute atomic E-state index is 12.7. The number of benzene rings is 1. The van der Waals surface area contributed by atoms with Gasteiger partial charge in [-0.2, -0.15) is 5.10 Å². The van der Waals surface area contributed by atoms with E-state index in [2.05, 4.69) is 10.2 Å². The number of hydrogen-bond acceptors (Lipinski definition) is 3. The lowest BCUT2D eigenvalue weighted by Gasteiger charge is -2.06. The summed E-state index contributed by atoms with van der Waals surface area (Å²) in [6, 6.07) is 6.96. The van der Waals surface area contributed by atoms with Crippen molar-refractivity contribution < 1.29 is 9.13 Å². The quantitative estimate of drug-likeness (QED) is 0.834. The Morgan fingerprint density at radius 3 is 2.81 bits per heavy atom. The summed E-state index contributed by atoms with van der Waals surface area (Å²) in [6.45, 7) is -0.569. The van der Waals surface area contributed by atoms with Gasteiger partial charge in [-0.15, -0.1) is 0 Å². The number of alkyl halides is 1. The predicted molar refractivity (Wildman–Crippen MR) is 59.8 cm³/mol. The number of halogens is 1. The van der Waals surface area contributed by atoms with E-state index in [9.17, 15) is 4.39 Å². The SMILES string of the molecule is COc1ccc(-c2cc(N)n[nH]2)cc1CF. The van der Waals surface area contributed by atoms with Crippen molar-refractivity contribution in [3.05, 3.63) is 29.8 Å². The van der Waals surface area contributed by atoms with E-state index in [1.54, 1.807) is 18.2 Å². The average molecular weight is 221 g/mol. The molecule has 0 atom stereocenters. The Morgan fingerprint density at radius 2 is 2.25 bits per heavy atom. The number of nitrogen functional groups attached to an aromatic ring is 1. The van der Waals surface area contributed by atoms with Crippen LogP contribution in [0.3, 0.4) is 0 Å². The van der Waals surface area contributed by atoms with E-state index in [0.717, 1.165) is 11.3 Å². The lowest BCUT2D eigenvalue weighted by atomic mass is 10.1. The van der Waals surface area contributed by atoms with Gasteiger partial charge < -0.3 is 10.5 Å². The normalized spacial score (nSPS) is 10.4. The second kappa shape index (κ2) is 4.22. The molecule has 2 aromatic rings. The molecule has 3 N–H and O–H groups in total. The van der Waals surface area contributed by atoms with Crippen molar-refractivity contribution in [2.75, 3.05) is 12.8 Å². The lowest BCUT2D eigenvalue weighted by Crippen LogP contribution is -1.90. The van der Waals surface area contributed by atoms with Crippen molar-refractivity contribution in [2.45, 2.75) is 6.67 Å². The van der Waals surface area contributed by atoms with Gasteiger partial charge in [0.2, 0.25) is 0 Å². The van der Waals surface area contributed by atoms with E-state index in [1.165, 1.54) is 7.11 Å². The Labute approximate surface area is 92.2 Å². The summed E-state index contributed by atoms with van der Waals surface area (Å²) in [5.74, 6) is 0.950. The number of aromatic nitrogens is 2. The second-order valence-electron chi connectivity index (χ2n) is 3.37. The molecule has 2 rings (SSSR count). The fourth-order valence-electron chi connectivity index (χ4n) is 1.54. The average Bonchev–Trinajstić information content (AvgIpc) is 2.75. The van der Waals surface area contributed by atoms with Gasteiger partial charge in [0.15, 0.2) is 0 Å². The van der Waals surface area contributed by atoms with Crippen molar-refractivity contribution in [3.63, 3.8) is 0 Å². The summed E-state index contributed by atoms with van der Waals surface area (Å²) in [6.07, 6.45) is 0. The van der Waals surface area contributed by atoms with E-state index in [1.807, 2.05) is 6.07 Å². The summed E-state index contributed by atoms with van der Waals surface area (Å²) >= 11 is 0. The van der Waals surface area contributed by atoms with Gasteiger partial charge in [0.1, 0.15) is 18.2 Å².